The van der Waals surface area contributed by atoms with Gasteiger partial charge in [0.15, 0.2) is 0 Å². The Bertz CT molecular complexity index is 836. The van der Waals surface area contributed by atoms with Crippen LogP contribution in [0, 0.1) is 0 Å². The standard InChI is InChI=1S/C21H24N2S/c1-23(2)11-9-20-18-6-4-3-5-17(18)19(14-22-20)15-7-8-21-16(13-15)10-12-24-21/h3-8,10,12-13,19-20,22H,9,11,14H2,1-2H3. The summed E-state index contributed by atoms with van der Waals surface area (Å²) in [5.74, 6) is 0.445. The molecule has 24 heavy (non-hydrogen) atoms. The SMILES string of the molecule is CN(C)CCC1NCC(c2ccc3sccc3c2)c2ccccc21. The minimum atomic E-state index is 0.445. The van der Waals surface area contributed by atoms with Crippen LogP contribution in [0.15, 0.2) is 53.9 Å². The smallest absolute Gasteiger partial charge is 0.0342 e. The molecule has 0 aliphatic carbocycles. The molecule has 0 bridgehead atoms. The zero-order valence-corrected chi connectivity index (χ0v) is 15.1. The monoisotopic (exact) mass is 336 g/mol. The van der Waals surface area contributed by atoms with Crippen LogP contribution in [-0.2, 0) is 0 Å². The number of nitrogens with zero attached hydrogens (tertiary/aromatic N) is 1. The second-order valence-electron chi connectivity index (χ2n) is 6.95. The molecule has 4 rings (SSSR count). The zero-order valence-electron chi connectivity index (χ0n) is 14.3. The van der Waals surface area contributed by atoms with Gasteiger partial charge in [-0.1, -0.05) is 30.3 Å². The Hall–Kier alpha value is -1.68. The van der Waals surface area contributed by atoms with Gasteiger partial charge >= 0.3 is 0 Å². The number of hydrogen-bond donors (Lipinski definition) is 1. The topological polar surface area (TPSA) is 15.3 Å². The van der Waals surface area contributed by atoms with E-state index in [0.717, 1.165) is 19.5 Å². The van der Waals surface area contributed by atoms with Gasteiger partial charge in [0, 0.05) is 23.2 Å². The lowest BCUT2D eigenvalue weighted by Gasteiger charge is -2.33. The average molecular weight is 337 g/mol. The average Bonchev–Trinajstić information content (AvgIpc) is 3.07. The molecule has 2 atom stereocenters. The summed E-state index contributed by atoms with van der Waals surface area (Å²) in [4.78, 5) is 2.26. The molecule has 0 saturated heterocycles. The Morgan fingerprint density at radius 1 is 1.08 bits per heavy atom. The maximum absolute atomic E-state index is 3.80. The summed E-state index contributed by atoms with van der Waals surface area (Å²) in [6, 6.07) is 18.6. The lowest BCUT2D eigenvalue weighted by Crippen LogP contribution is -2.35. The Morgan fingerprint density at radius 2 is 1.92 bits per heavy atom. The molecule has 2 nitrogen and oxygen atoms in total. The van der Waals surface area contributed by atoms with Gasteiger partial charge in [0.1, 0.15) is 0 Å². The van der Waals surface area contributed by atoms with Gasteiger partial charge in [-0.2, -0.15) is 0 Å². The van der Waals surface area contributed by atoms with E-state index >= 15 is 0 Å². The largest absolute Gasteiger partial charge is 0.309 e. The van der Waals surface area contributed by atoms with Gasteiger partial charge in [0.25, 0.3) is 0 Å². The third-order valence-corrected chi connectivity index (χ3v) is 5.96. The van der Waals surface area contributed by atoms with Crippen molar-refractivity contribution in [2.45, 2.75) is 18.4 Å². The molecule has 2 heterocycles. The number of hydrogen-bond acceptors (Lipinski definition) is 3. The minimum Gasteiger partial charge on any atom is -0.309 e. The van der Waals surface area contributed by atoms with Crippen molar-refractivity contribution >= 4 is 21.4 Å². The first-order valence-corrected chi connectivity index (χ1v) is 9.54. The molecule has 0 fully saturated rings. The second-order valence-corrected chi connectivity index (χ2v) is 7.90. The van der Waals surface area contributed by atoms with E-state index < -0.39 is 0 Å². The highest BCUT2D eigenvalue weighted by Gasteiger charge is 2.27. The summed E-state index contributed by atoms with van der Waals surface area (Å²) < 4.78 is 1.37. The summed E-state index contributed by atoms with van der Waals surface area (Å²) in [6.45, 7) is 2.13. The molecule has 0 saturated carbocycles. The minimum absolute atomic E-state index is 0.445. The van der Waals surface area contributed by atoms with E-state index in [1.165, 1.54) is 26.8 Å². The fourth-order valence-electron chi connectivity index (χ4n) is 3.77. The summed E-state index contributed by atoms with van der Waals surface area (Å²) in [7, 11) is 4.29. The van der Waals surface area contributed by atoms with Crippen LogP contribution in [0.2, 0.25) is 0 Å². The van der Waals surface area contributed by atoms with Gasteiger partial charge in [-0.05, 0) is 72.7 Å². The van der Waals surface area contributed by atoms with E-state index in [-0.39, 0.29) is 0 Å². The lowest BCUT2D eigenvalue weighted by molar-refractivity contribution is 0.351. The van der Waals surface area contributed by atoms with Gasteiger partial charge in [-0.15, -0.1) is 11.3 Å². The Kier molecular flexibility index (Phi) is 4.40. The lowest BCUT2D eigenvalue weighted by atomic mass is 9.81. The van der Waals surface area contributed by atoms with Crippen molar-refractivity contribution in [1.82, 2.24) is 10.2 Å². The molecule has 124 valence electrons. The van der Waals surface area contributed by atoms with Gasteiger partial charge in [0.05, 0.1) is 0 Å². The van der Waals surface area contributed by atoms with Crippen LogP contribution in [0.5, 0.6) is 0 Å². The normalized spacial score (nSPS) is 20.5. The van der Waals surface area contributed by atoms with E-state index in [2.05, 4.69) is 78.2 Å². The highest BCUT2D eigenvalue weighted by Crippen LogP contribution is 2.37. The van der Waals surface area contributed by atoms with Gasteiger partial charge < -0.3 is 10.2 Å². The molecule has 0 amide bonds. The Morgan fingerprint density at radius 3 is 2.75 bits per heavy atom. The van der Waals surface area contributed by atoms with Crippen molar-refractivity contribution in [3.05, 3.63) is 70.6 Å². The van der Waals surface area contributed by atoms with Crippen LogP contribution in [0.4, 0.5) is 0 Å². The molecule has 1 aromatic heterocycles. The predicted octanol–water partition coefficient (Wildman–Crippen LogP) is 4.63. The van der Waals surface area contributed by atoms with Crippen LogP contribution in [0.3, 0.4) is 0 Å². The third-order valence-electron chi connectivity index (χ3n) is 5.06. The summed E-state index contributed by atoms with van der Waals surface area (Å²) in [5, 5.41) is 7.34. The number of nitrogens with one attached hydrogen (secondary N) is 1. The maximum Gasteiger partial charge on any atom is 0.0342 e. The number of fused-ring (bicyclic) bond motifs is 2. The Labute approximate surface area is 148 Å². The molecule has 1 aliphatic rings. The van der Waals surface area contributed by atoms with Gasteiger partial charge in [0.2, 0.25) is 0 Å². The molecular weight excluding hydrogens is 312 g/mol. The van der Waals surface area contributed by atoms with Crippen LogP contribution in [0.25, 0.3) is 10.1 Å². The molecule has 2 aromatic carbocycles. The molecule has 0 radical (unpaired) electrons. The first kappa shape index (κ1) is 15.8. The number of rotatable bonds is 4. The molecule has 3 aromatic rings. The summed E-state index contributed by atoms with van der Waals surface area (Å²) in [6.07, 6.45) is 1.15. The summed E-state index contributed by atoms with van der Waals surface area (Å²) >= 11 is 1.82. The second kappa shape index (κ2) is 6.67. The number of thiophene rings is 1. The van der Waals surface area contributed by atoms with E-state index in [1.807, 2.05) is 11.3 Å². The quantitative estimate of drug-likeness (QED) is 0.747. The number of benzene rings is 2. The van der Waals surface area contributed by atoms with Gasteiger partial charge in [-0.25, -0.2) is 0 Å². The van der Waals surface area contributed by atoms with Crippen LogP contribution < -0.4 is 5.32 Å². The van der Waals surface area contributed by atoms with Crippen molar-refractivity contribution in [3.8, 4) is 0 Å². The summed E-state index contributed by atoms with van der Waals surface area (Å²) in [5.41, 5.74) is 4.39. The molecule has 1 aliphatic heterocycles. The fraction of sp³-hybridized carbons (Fsp3) is 0.333. The molecule has 0 spiro atoms. The van der Waals surface area contributed by atoms with Gasteiger partial charge in [-0.3, -0.25) is 0 Å². The Balaban J connectivity index is 1.68. The predicted molar refractivity (Wildman–Crippen MR) is 104 cm³/mol. The van der Waals surface area contributed by atoms with E-state index in [4.69, 9.17) is 0 Å². The van der Waals surface area contributed by atoms with Crippen molar-refractivity contribution in [1.29, 1.82) is 0 Å². The van der Waals surface area contributed by atoms with Crippen LogP contribution in [-0.4, -0.2) is 32.1 Å². The zero-order chi connectivity index (χ0) is 16.5. The molecule has 1 N–H and O–H groups in total. The van der Waals surface area contributed by atoms with Crippen molar-refractivity contribution in [2.24, 2.45) is 0 Å². The molecular formula is C21H24N2S. The van der Waals surface area contributed by atoms with E-state index in [9.17, 15) is 0 Å². The maximum atomic E-state index is 3.80. The third kappa shape index (κ3) is 3.00. The first-order chi connectivity index (χ1) is 11.7. The highest BCUT2D eigenvalue weighted by atomic mass is 32.1. The van der Waals surface area contributed by atoms with E-state index in [0.29, 0.717) is 12.0 Å². The van der Waals surface area contributed by atoms with Crippen LogP contribution >= 0.6 is 11.3 Å². The van der Waals surface area contributed by atoms with Crippen molar-refractivity contribution < 1.29 is 0 Å². The van der Waals surface area contributed by atoms with Crippen molar-refractivity contribution in [2.75, 3.05) is 27.2 Å². The van der Waals surface area contributed by atoms with Crippen molar-refractivity contribution in [3.63, 3.8) is 0 Å². The fourth-order valence-corrected chi connectivity index (χ4v) is 4.54. The highest BCUT2D eigenvalue weighted by molar-refractivity contribution is 7.17. The molecule has 2 unspecified atom stereocenters. The molecule has 3 heteroatoms. The van der Waals surface area contributed by atoms with Crippen LogP contribution in [0.1, 0.15) is 35.1 Å². The van der Waals surface area contributed by atoms with E-state index in [1.54, 1.807) is 0 Å². The first-order valence-electron chi connectivity index (χ1n) is 8.66.